The molecule has 2 N–H and O–H groups in total. The van der Waals surface area contributed by atoms with Crippen LogP contribution in [0.1, 0.15) is 36.0 Å². The number of nitrogens with zero attached hydrogens (tertiary/aromatic N) is 2. The van der Waals surface area contributed by atoms with Crippen LogP contribution in [0, 0.1) is 0 Å². The molecule has 1 heterocycles. The molecule has 2 aromatic carbocycles. The molecule has 0 atom stereocenters. The van der Waals surface area contributed by atoms with E-state index < -0.39 is 0 Å². The molecule has 0 bridgehead atoms. The van der Waals surface area contributed by atoms with E-state index in [1.807, 2.05) is 42.5 Å². The van der Waals surface area contributed by atoms with E-state index in [2.05, 4.69) is 20.8 Å². The minimum atomic E-state index is -0.235. The standard InChI is InChI=1S/C22H22N4O2S2/c27-19(23-18-8-4-5-9-18)14-29-22-26-25-21(30-22)24-20(28)17-12-10-16(11-13-17)15-6-2-1-3-7-15/h1-3,6-7,10-13,18H,4-5,8-9,14H2,(H,23,27)(H,24,25,28). The van der Waals surface area contributed by atoms with Gasteiger partial charge in [0.05, 0.1) is 5.75 Å². The van der Waals surface area contributed by atoms with Crippen LogP contribution in [0.15, 0.2) is 58.9 Å². The van der Waals surface area contributed by atoms with Crippen LogP contribution in [-0.4, -0.2) is 33.8 Å². The Morgan fingerprint density at radius 3 is 2.40 bits per heavy atom. The van der Waals surface area contributed by atoms with Crippen molar-refractivity contribution in [3.8, 4) is 11.1 Å². The normalized spacial score (nSPS) is 13.9. The van der Waals surface area contributed by atoms with Crippen LogP contribution in [0.2, 0.25) is 0 Å². The first-order chi connectivity index (χ1) is 14.7. The topological polar surface area (TPSA) is 84.0 Å². The molecule has 154 valence electrons. The van der Waals surface area contributed by atoms with Gasteiger partial charge < -0.3 is 5.32 Å². The van der Waals surface area contributed by atoms with Crippen molar-refractivity contribution < 1.29 is 9.59 Å². The Bertz CT molecular complexity index is 999. The van der Waals surface area contributed by atoms with Gasteiger partial charge in [0.2, 0.25) is 11.0 Å². The summed E-state index contributed by atoms with van der Waals surface area (Å²) in [4.78, 5) is 24.5. The number of hydrogen-bond donors (Lipinski definition) is 2. The molecule has 0 spiro atoms. The summed E-state index contributed by atoms with van der Waals surface area (Å²) in [6.45, 7) is 0. The fourth-order valence-corrected chi connectivity index (χ4v) is 4.96. The second kappa shape index (κ2) is 9.86. The number of aromatic nitrogens is 2. The second-order valence-corrected chi connectivity index (χ2v) is 9.31. The summed E-state index contributed by atoms with van der Waals surface area (Å²) in [6.07, 6.45) is 4.51. The van der Waals surface area contributed by atoms with Crippen LogP contribution in [-0.2, 0) is 4.79 Å². The van der Waals surface area contributed by atoms with Gasteiger partial charge in [-0.3, -0.25) is 14.9 Å². The molecular formula is C22H22N4O2S2. The van der Waals surface area contributed by atoms with E-state index in [0.717, 1.165) is 24.0 Å². The van der Waals surface area contributed by atoms with Crippen molar-refractivity contribution in [2.45, 2.75) is 36.1 Å². The second-order valence-electron chi connectivity index (χ2n) is 7.11. The summed E-state index contributed by atoms with van der Waals surface area (Å²) in [5.41, 5.74) is 2.71. The van der Waals surface area contributed by atoms with Crippen molar-refractivity contribution in [1.82, 2.24) is 15.5 Å². The molecule has 0 unspecified atom stereocenters. The lowest BCUT2D eigenvalue weighted by molar-refractivity contribution is -0.119. The highest BCUT2D eigenvalue weighted by Gasteiger charge is 2.18. The van der Waals surface area contributed by atoms with Gasteiger partial charge in [0, 0.05) is 11.6 Å². The maximum absolute atomic E-state index is 12.5. The molecule has 1 aromatic heterocycles. The number of hydrogen-bond acceptors (Lipinski definition) is 6. The van der Waals surface area contributed by atoms with Crippen LogP contribution in [0.4, 0.5) is 5.13 Å². The third kappa shape index (κ3) is 5.46. The maximum atomic E-state index is 12.5. The van der Waals surface area contributed by atoms with E-state index >= 15 is 0 Å². The first-order valence-corrected chi connectivity index (χ1v) is 11.7. The number of rotatable bonds is 7. The summed E-state index contributed by atoms with van der Waals surface area (Å²) in [5.74, 6) is 0.0903. The Kier molecular flexibility index (Phi) is 6.76. The summed E-state index contributed by atoms with van der Waals surface area (Å²) >= 11 is 2.61. The lowest BCUT2D eigenvalue weighted by atomic mass is 10.0. The molecule has 30 heavy (non-hydrogen) atoms. The third-order valence-electron chi connectivity index (χ3n) is 4.93. The summed E-state index contributed by atoms with van der Waals surface area (Å²) < 4.78 is 0.659. The fourth-order valence-electron chi connectivity index (χ4n) is 3.40. The number of carbonyl (C=O) groups excluding carboxylic acids is 2. The molecule has 8 heteroatoms. The Balaban J connectivity index is 1.28. The van der Waals surface area contributed by atoms with E-state index in [1.54, 1.807) is 12.1 Å². The minimum absolute atomic E-state index is 0.0196. The van der Waals surface area contributed by atoms with Crippen LogP contribution < -0.4 is 10.6 Å². The lowest BCUT2D eigenvalue weighted by Gasteiger charge is -2.10. The zero-order chi connectivity index (χ0) is 20.8. The first-order valence-electron chi connectivity index (χ1n) is 9.90. The van der Waals surface area contributed by atoms with Crippen LogP contribution in [0.3, 0.4) is 0 Å². The lowest BCUT2D eigenvalue weighted by Crippen LogP contribution is -2.33. The van der Waals surface area contributed by atoms with Gasteiger partial charge in [0.25, 0.3) is 5.91 Å². The minimum Gasteiger partial charge on any atom is -0.353 e. The fraction of sp³-hybridized carbons (Fsp3) is 0.273. The molecule has 1 saturated carbocycles. The van der Waals surface area contributed by atoms with Crippen molar-refractivity contribution >= 4 is 40.0 Å². The van der Waals surface area contributed by atoms with Crippen LogP contribution >= 0.6 is 23.1 Å². The number of nitrogens with one attached hydrogen (secondary N) is 2. The zero-order valence-corrected chi connectivity index (χ0v) is 18.0. The van der Waals surface area contributed by atoms with Gasteiger partial charge in [-0.2, -0.15) is 0 Å². The molecule has 0 aliphatic heterocycles. The molecule has 4 rings (SSSR count). The summed E-state index contributed by atoms with van der Waals surface area (Å²) in [7, 11) is 0. The Hall–Kier alpha value is -2.71. The van der Waals surface area contributed by atoms with Crippen molar-refractivity contribution in [3.63, 3.8) is 0 Å². The molecule has 0 saturated heterocycles. The highest BCUT2D eigenvalue weighted by atomic mass is 32.2. The van der Waals surface area contributed by atoms with E-state index in [-0.39, 0.29) is 11.8 Å². The first kappa shape index (κ1) is 20.6. The van der Waals surface area contributed by atoms with Gasteiger partial charge in [-0.1, -0.05) is 78.4 Å². The van der Waals surface area contributed by atoms with Gasteiger partial charge >= 0.3 is 0 Å². The smallest absolute Gasteiger partial charge is 0.257 e. The maximum Gasteiger partial charge on any atom is 0.257 e. The monoisotopic (exact) mass is 438 g/mol. The van der Waals surface area contributed by atoms with E-state index in [9.17, 15) is 9.59 Å². The van der Waals surface area contributed by atoms with Crippen LogP contribution in [0.5, 0.6) is 0 Å². The number of amides is 2. The number of anilines is 1. The Labute approximate surface area is 183 Å². The third-order valence-corrected chi connectivity index (χ3v) is 6.90. The number of carbonyl (C=O) groups is 2. The van der Waals surface area contributed by atoms with Crippen molar-refractivity contribution in [3.05, 3.63) is 60.2 Å². The predicted octanol–water partition coefficient (Wildman–Crippen LogP) is 4.61. The summed E-state index contributed by atoms with van der Waals surface area (Å²) in [6, 6.07) is 17.8. The SMILES string of the molecule is O=C(CSc1nnc(NC(=O)c2ccc(-c3ccccc3)cc2)s1)NC1CCCC1. The largest absolute Gasteiger partial charge is 0.353 e. The molecule has 2 amide bonds. The van der Waals surface area contributed by atoms with E-state index in [1.165, 1.54) is 35.9 Å². The molecular weight excluding hydrogens is 416 g/mol. The highest BCUT2D eigenvalue weighted by molar-refractivity contribution is 8.01. The number of benzene rings is 2. The van der Waals surface area contributed by atoms with Gasteiger partial charge in [0.15, 0.2) is 4.34 Å². The van der Waals surface area contributed by atoms with Crippen molar-refractivity contribution in [2.24, 2.45) is 0 Å². The molecule has 3 aromatic rings. The van der Waals surface area contributed by atoms with E-state index in [0.29, 0.717) is 26.8 Å². The predicted molar refractivity (Wildman–Crippen MR) is 121 cm³/mol. The van der Waals surface area contributed by atoms with Gasteiger partial charge in [-0.05, 0) is 36.1 Å². The molecule has 1 fully saturated rings. The highest BCUT2D eigenvalue weighted by Crippen LogP contribution is 2.26. The Morgan fingerprint density at radius 2 is 1.67 bits per heavy atom. The molecule has 1 aliphatic rings. The molecule has 1 aliphatic carbocycles. The average Bonchev–Trinajstić information content (AvgIpc) is 3.45. The Morgan fingerprint density at radius 1 is 0.967 bits per heavy atom. The van der Waals surface area contributed by atoms with Gasteiger partial charge in [-0.25, -0.2) is 0 Å². The zero-order valence-electron chi connectivity index (χ0n) is 16.3. The van der Waals surface area contributed by atoms with Crippen molar-refractivity contribution in [1.29, 1.82) is 0 Å². The quantitative estimate of drug-likeness (QED) is 0.416. The molecule has 6 nitrogen and oxygen atoms in total. The van der Waals surface area contributed by atoms with Gasteiger partial charge in [0.1, 0.15) is 0 Å². The number of thioether (sulfide) groups is 1. The van der Waals surface area contributed by atoms with E-state index in [4.69, 9.17) is 0 Å². The summed E-state index contributed by atoms with van der Waals surface area (Å²) in [5, 5.41) is 14.3. The van der Waals surface area contributed by atoms with Crippen LogP contribution in [0.25, 0.3) is 11.1 Å². The molecule has 0 radical (unpaired) electrons. The van der Waals surface area contributed by atoms with Crippen molar-refractivity contribution in [2.75, 3.05) is 11.1 Å². The van der Waals surface area contributed by atoms with Gasteiger partial charge in [-0.15, -0.1) is 10.2 Å². The average molecular weight is 439 g/mol.